The number of rotatable bonds is 7. The van der Waals surface area contributed by atoms with Crippen LogP contribution in [0.25, 0.3) is 0 Å². The van der Waals surface area contributed by atoms with Crippen molar-refractivity contribution in [2.45, 2.75) is 43.3 Å². The third kappa shape index (κ3) is 4.98. The summed E-state index contributed by atoms with van der Waals surface area (Å²) in [6.07, 6.45) is 6.05. The van der Waals surface area contributed by atoms with Gasteiger partial charge in [-0.2, -0.15) is 0 Å². The Morgan fingerprint density at radius 2 is 1.57 bits per heavy atom. The van der Waals surface area contributed by atoms with E-state index in [-0.39, 0.29) is 29.6 Å². The molecule has 1 aliphatic carbocycles. The molecule has 3 amide bonds. The number of carbonyl (C=O) groups excluding carboxylic acids is 3. The molecule has 0 unspecified atom stereocenters. The monoisotopic (exact) mass is 510 g/mol. The smallest absolute Gasteiger partial charge is 0.242 e. The minimum absolute atomic E-state index is 0.0919. The molecule has 6 heteroatoms. The molecule has 1 aliphatic heterocycles. The first-order valence-corrected chi connectivity index (χ1v) is 13.6. The predicted octanol–water partition coefficient (Wildman–Crippen LogP) is 6.49. The van der Waals surface area contributed by atoms with E-state index in [4.69, 9.17) is 0 Å². The molecule has 1 saturated heterocycles. The number of anilines is 2. The Balaban J connectivity index is 1.38. The molecule has 0 radical (unpaired) electrons. The van der Waals surface area contributed by atoms with Gasteiger partial charge in [0.05, 0.1) is 17.5 Å². The SMILES string of the molecule is CCc1cccc(C)c1NC(=O)[C@H](Sc1ccc(N2C(=O)[C@@H]3CC=CC[C@H]3C2=O)cc1)c1ccccc1. The molecule has 5 rings (SSSR count). The topological polar surface area (TPSA) is 66.5 Å². The summed E-state index contributed by atoms with van der Waals surface area (Å²) in [5.74, 6) is -0.845. The van der Waals surface area contributed by atoms with Gasteiger partial charge in [0.2, 0.25) is 17.7 Å². The van der Waals surface area contributed by atoms with E-state index in [0.717, 1.165) is 33.7 Å². The minimum atomic E-state index is -0.472. The Kier molecular flexibility index (Phi) is 7.28. The van der Waals surface area contributed by atoms with Crippen molar-refractivity contribution in [2.24, 2.45) is 11.8 Å². The van der Waals surface area contributed by atoms with Crippen molar-refractivity contribution in [3.05, 3.63) is 102 Å². The first kappa shape index (κ1) is 25.0. The van der Waals surface area contributed by atoms with Crippen LogP contribution in [-0.2, 0) is 20.8 Å². The molecule has 1 fully saturated rings. The number of nitrogens with zero attached hydrogens (tertiary/aromatic N) is 1. The van der Waals surface area contributed by atoms with Gasteiger partial charge in [0, 0.05) is 10.6 Å². The summed E-state index contributed by atoms with van der Waals surface area (Å²) in [6, 6.07) is 23.2. The summed E-state index contributed by atoms with van der Waals surface area (Å²) in [5, 5.41) is 2.71. The third-order valence-electron chi connectivity index (χ3n) is 7.19. The highest BCUT2D eigenvalue weighted by molar-refractivity contribution is 8.00. The van der Waals surface area contributed by atoms with Gasteiger partial charge >= 0.3 is 0 Å². The molecular formula is C31H30N2O3S. The molecule has 0 spiro atoms. The molecule has 0 aromatic heterocycles. The molecule has 188 valence electrons. The summed E-state index contributed by atoms with van der Waals surface area (Å²) >= 11 is 1.45. The number of thioether (sulfide) groups is 1. The third-order valence-corrected chi connectivity index (χ3v) is 8.45. The summed E-state index contributed by atoms with van der Waals surface area (Å²) in [5.41, 5.74) is 4.49. The minimum Gasteiger partial charge on any atom is -0.324 e. The molecule has 0 saturated carbocycles. The van der Waals surface area contributed by atoms with E-state index >= 15 is 0 Å². The Morgan fingerprint density at radius 3 is 2.19 bits per heavy atom. The highest BCUT2D eigenvalue weighted by Gasteiger charge is 2.47. The van der Waals surface area contributed by atoms with Crippen molar-refractivity contribution in [1.29, 1.82) is 0 Å². The fourth-order valence-corrected chi connectivity index (χ4v) is 6.18. The fraction of sp³-hybridized carbons (Fsp3) is 0.258. The predicted molar refractivity (Wildman–Crippen MR) is 149 cm³/mol. The largest absolute Gasteiger partial charge is 0.324 e. The summed E-state index contributed by atoms with van der Waals surface area (Å²) < 4.78 is 0. The first-order valence-electron chi connectivity index (χ1n) is 12.7. The van der Waals surface area contributed by atoms with Crippen LogP contribution in [0.2, 0.25) is 0 Å². The Labute approximate surface area is 222 Å². The van der Waals surface area contributed by atoms with E-state index in [0.29, 0.717) is 18.5 Å². The number of fused-ring (bicyclic) bond motifs is 1. The number of allylic oxidation sites excluding steroid dienone is 2. The van der Waals surface area contributed by atoms with Gasteiger partial charge in [0.1, 0.15) is 5.25 Å². The van der Waals surface area contributed by atoms with Gasteiger partial charge in [-0.1, -0.05) is 67.6 Å². The molecule has 1 N–H and O–H groups in total. The van der Waals surface area contributed by atoms with Crippen LogP contribution in [0.3, 0.4) is 0 Å². The van der Waals surface area contributed by atoms with Gasteiger partial charge in [0.15, 0.2) is 0 Å². The van der Waals surface area contributed by atoms with Crippen molar-refractivity contribution in [3.63, 3.8) is 0 Å². The van der Waals surface area contributed by atoms with E-state index in [2.05, 4.69) is 12.2 Å². The first-order chi connectivity index (χ1) is 18.0. The zero-order valence-corrected chi connectivity index (χ0v) is 21.8. The zero-order chi connectivity index (χ0) is 25.9. The fourth-order valence-electron chi connectivity index (χ4n) is 5.16. The van der Waals surface area contributed by atoms with E-state index in [1.807, 2.05) is 79.7 Å². The van der Waals surface area contributed by atoms with E-state index < -0.39 is 5.25 Å². The van der Waals surface area contributed by atoms with Crippen LogP contribution in [0, 0.1) is 18.8 Å². The van der Waals surface area contributed by atoms with Crippen LogP contribution >= 0.6 is 11.8 Å². The maximum absolute atomic E-state index is 13.6. The Hall–Kier alpha value is -3.64. The standard InChI is InChI=1S/C31H30N2O3S/c1-3-21-13-9-10-20(2)27(21)32-29(34)28(22-11-5-4-6-12-22)37-24-18-16-23(17-19-24)33-30(35)25-14-7-8-15-26(25)31(33)36/h4-13,16-19,25-26,28H,3,14-15H2,1-2H3,(H,32,34)/t25-,26-,28-/m1/s1. The summed E-state index contributed by atoms with van der Waals surface area (Å²) in [7, 11) is 0. The summed E-state index contributed by atoms with van der Waals surface area (Å²) in [6.45, 7) is 4.09. The summed E-state index contributed by atoms with van der Waals surface area (Å²) in [4.78, 5) is 41.7. The molecule has 1 heterocycles. The molecule has 0 bridgehead atoms. The quantitative estimate of drug-likeness (QED) is 0.224. The van der Waals surface area contributed by atoms with Crippen molar-refractivity contribution in [2.75, 3.05) is 10.2 Å². The van der Waals surface area contributed by atoms with Gasteiger partial charge < -0.3 is 5.32 Å². The molecule has 5 nitrogen and oxygen atoms in total. The lowest BCUT2D eigenvalue weighted by atomic mass is 9.85. The zero-order valence-electron chi connectivity index (χ0n) is 21.0. The van der Waals surface area contributed by atoms with E-state index in [1.54, 1.807) is 12.1 Å². The Morgan fingerprint density at radius 1 is 0.919 bits per heavy atom. The lowest BCUT2D eigenvalue weighted by Crippen LogP contribution is -2.30. The molecule has 3 aromatic carbocycles. The van der Waals surface area contributed by atoms with Crippen LogP contribution in [-0.4, -0.2) is 17.7 Å². The van der Waals surface area contributed by atoms with Crippen molar-refractivity contribution in [1.82, 2.24) is 0 Å². The van der Waals surface area contributed by atoms with E-state index in [1.165, 1.54) is 16.7 Å². The lowest BCUT2D eigenvalue weighted by Gasteiger charge is -2.20. The van der Waals surface area contributed by atoms with Crippen LogP contribution in [0.15, 0.2) is 89.8 Å². The number of nitrogens with one attached hydrogen (secondary N) is 1. The number of benzene rings is 3. The van der Waals surface area contributed by atoms with Gasteiger partial charge in [-0.15, -0.1) is 11.8 Å². The number of carbonyl (C=O) groups is 3. The normalized spacial score (nSPS) is 19.6. The lowest BCUT2D eigenvalue weighted by molar-refractivity contribution is -0.122. The number of aryl methyl sites for hydroxylation is 2. The molecular weight excluding hydrogens is 480 g/mol. The second-order valence-corrected chi connectivity index (χ2v) is 10.7. The highest BCUT2D eigenvalue weighted by atomic mass is 32.2. The molecule has 3 aromatic rings. The van der Waals surface area contributed by atoms with Crippen LogP contribution in [0.5, 0.6) is 0 Å². The van der Waals surface area contributed by atoms with Crippen LogP contribution in [0.4, 0.5) is 11.4 Å². The molecule has 37 heavy (non-hydrogen) atoms. The number of imide groups is 1. The Bertz CT molecular complexity index is 1320. The average molecular weight is 511 g/mol. The van der Waals surface area contributed by atoms with E-state index in [9.17, 15) is 14.4 Å². The van der Waals surface area contributed by atoms with Crippen LogP contribution < -0.4 is 10.2 Å². The number of hydrogen-bond acceptors (Lipinski definition) is 4. The number of hydrogen-bond donors (Lipinski definition) is 1. The van der Waals surface area contributed by atoms with Crippen molar-refractivity contribution in [3.8, 4) is 0 Å². The van der Waals surface area contributed by atoms with Crippen LogP contribution in [0.1, 0.15) is 41.7 Å². The van der Waals surface area contributed by atoms with Gasteiger partial charge in [-0.05, 0) is 67.1 Å². The maximum atomic E-state index is 13.6. The van der Waals surface area contributed by atoms with Crippen molar-refractivity contribution < 1.29 is 14.4 Å². The average Bonchev–Trinajstić information content (AvgIpc) is 3.19. The highest BCUT2D eigenvalue weighted by Crippen LogP contribution is 2.40. The maximum Gasteiger partial charge on any atom is 0.242 e. The number of para-hydroxylation sites is 1. The second kappa shape index (κ2) is 10.8. The van der Waals surface area contributed by atoms with Gasteiger partial charge in [0.25, 0.3) is 0 Å². The van der Waals surface area contributed by atoms with Gasteiger partial charge in [-0.25, -0.2) is 0 Å². The van der Waals surface area contributed by atoms with Crippen molar-refractivity contribution >= 4 is 40.9 Å². The second-order valence-electron chi connectivity index (χ2n) is 9.52. The van der Waals surface area contributed by atoms with Gasteiger partial charge in [-0.3, -0.25) is 19.3 Å². The number of amides is 3. The molecule has 2 aliphatic rings. The molecule has 3 atom stereocenters.